The van der Waals surface area contributed by atoms with E-state index in [2.05, 4.69) is 12.2 Å². The first-order valence-electron chi connectivity index (χ1n) is 8.38. The van der Waals surface area contributed by atoms with E-state index in [1.807, 2.05) is 30.3 Å². The fourth-order valence-electron chi connectivity index (χ4n) is 2.48. The van der Waals surface area contributed by atoms with Gasteiger partial charge in [-0.15, -0.1) is 0 Å². The van der Waals surface area contributed by atoms with E-state index < -0.39 is 0 Å². The first-order valence-corrected chi connectivity index (χ1v) is 10.2. The molecule has 1 amide bonds. The Labute approximate surface area is 166 Å². The standard InChI is InChI=1S/C20H20N2O3S2/c1-4-26-20-21-17(13-8-6-5-7-9-13)19(27-20)22-18(23)14-10-15(24-2)12-16(11-14)25-3/h5-12H,4H2,1-3H3,(H,22,23). The summed E-state index contributed by atoms with van der Waals surface area (Å²) in [4.78, 5) is 17.6. The van der Waals surface area contributed by atoms with Gasteiger partial charge in [-0.3, -0.25) is 4.79 Å². The summed E-state index contributed by atoms with van der Waals surface area (Å²) in [5, 5.41) is 3.73. The Bertz CT molecular complexity index is 904. The Morgan fingerprint density at radius 3 is 2.37 bits per heavy atom. The van der Waals surface area contributed by atoms with Gasteiger partial charge in [0.25, 0.3) is 5.91 Å². The molecule has 0 aliphatic rings. The fraction of sp³-hybridized carbons (Fsp3) is 0.200. The smallest absolute Gasteiger partial charge is 0.256 e. The van der Waals surface area contributed by atoms with Crippen LogP contribution in [0.2, 0.25) is 0 Å². The minimum absolute atomic E-state index is 0.235. The third-order valence-corrected chi connectivity index (χ3v) is 5.76. The van der Waals surface area contributed by atoms with Crippen LogP contribution in [-0.2, 0) is 0 Å². The van der Waals surface area contributed by atoms with Crippen LogP contribution in [0.5, 0.6) is 11.5 Å². The van der Waals surface area contributed by atoms with Gasteiger partial charge in [0.15, 0.2) is 4.34 Å². The van der Waals surface area contributed by atoms with Gasteiger partial charge in [-0.25, -0.2) is 4.98 Å². The molecule has 0 unspecified atom stereocenters. The van der Waals surface area contributed by atoms with Crippen molar-refractivity contribution < 1.29 is 14.3 Å². The zero-order chi connectivity index (χ0) is 19.2. The number of carbonyl (C=O) groups is 1. The molecule has 1 aromatic heterocycles. The topological polar surface area (TPSA) is 60.5 Å². The molecule has 3 aromatic rings. The second-order valence-corrected chi connectivity index (χ2v) is 8.02. The summed E-state index contributed by atoms with van der Waals surface area (Å²) in [6.45, 7) is 2.08. The fourth-order valence-corrected chi connectivity index (χ4v) is 4.43. The van der Waals surface area contributed by atoms with E-state index in [0.717, 1.165) is 26.4 Å². The number of nitrogens with one attached hydrogen (secondary N) is 1. The minimum atomic E-state index is -0.235. The zero-order valence-electron chi connectivity index (χ0n) is 15.3. The van der Waals surface area contributed by atoms with Gasteiger partial charge in [0.1, 0.15) is 22.2 Å². The van der Waals surface area contributed by atoms with Crippen molar-refractivity contribution in [1.29, 1.82) is 0 Å². The van der Waals surface area contributed by atoms with Crippen LogP contribution in [0.1, 0.15) is 17.3 Å². The average molecular weight is 401 g/mol. The molecule has 1 heterocycles. The van der Waals surface area contributed by atoms with Gasteiger partial charge >= 0.3 is 0 Å². The van der Waals surface area contributed by atoms with Crippen molar-refractivity contribution in [2.75, 3.05) is 25.3 Å². The molecule has 3 rings (SSSR count). The number of aromatic nitrogens is 1. The summed E-state index contributed by atoms with van der Waals surface area (Å²) >= 11 is 3.14. The van der Waals surface area contributed by atoms with Gasteiger partial charge in [0.05, 0.1) is 14.2 Å². The number of carbonyl (C=O) groups excluding carboxylic acids is 1. The Kier molecular flexibility index (Phi) is 6.36. The molecule has 0 fully saturated rings. The number of methoxy groups -OCH3 is 2. The maximum atomic E-state index is 12.9. The van der Waals surface area contributed by atoms with Crippen LogP contribution >= 0.6 is 23.1 Å². The molecular weight excluding hydrogens is 380 g/mol. The molecule has 0 bridgehead atoms. The second-order valence-electron chi connectivity index (χ2n) is 5.51. The van der Waals surface area contributed by atoms with Crippen LogP contribution in [0.15, 0.2) is 52.9 Å². The predicted molar refractivity (Wildman–Crippen MR) is 111 cm³/mol. The van der Waals surface area contributed by atoms with E-state index >= 15 is 0 Å². The lowest BCUT2D eigenvalue weighted by Crippen LogP contribution is -2.12. The van der Waals surface area contributed by atoms with Crippen molar-refractivity contribution in [2.24, 2.45) is 0 Å². The summed E-state index contributed by atoms with van der Waals surface area (Å²) in [7, 11) is 3.11. The minimum Gasteiger partial charge on any atom is -0.497 e. The van der Waals surface area contributed by atoms with E-state index in [1.54, 1.807) is 44.2 Å². The third-order valence-electron chi connectivity index (χ3n) is 3.76. The van der Waals surface area contributed by atoms with Gasteiger partial charge in [0, 0.05) is 17.2 Å². The molecule has 7 heteroatoms. The molecule has 0 radical (unpaired) electrons. The highest BCUT2D eigenvalue weighted by atomic mass is 32.2. The predicted octanol–water partition coefficient (Wildman–Crippen LogP) is 5.19. The maximum Gasteiger partial charge on any atom is 0.256 e. The van der Waals surface area contributed by atoms with E-state index in [-0.39, 0.29) is 5.91 Å². The number of thiazole rings is 1. The zero-order valence-corrected chi connectivity index (χ0v) is 16.9. The van der Waals surface area contributed by atoms with Crippen molar-refractivity contribution in [3.8, 4) is 22.8 Å². The summed E-state index contributed by atoms with van der Waals surface area (Å²) < 4.78 is 11.4. The molecule has 0 saturated heterocycles. The number of nitrogens with zero attached hydrogens (tertiary/aromatic N) is 1. The number of hydrogen-bond acceptors (Lipinski definition) is 6. The first kappa shape index (κ1) is 19.3. The van der Waals surface area contributed by atoms with E-state index in [9.17, 15) is 4.79 Å². The lowest BCUT2D eigenvalue weighted by Gasteiger charge is -2.09. The monoisotopic (exact) mass is 400 g/mol. The number of benzene rings is 2. The summed E-state index contributed by atoms with van der Waals surface area (Å²) in [5.41, 5.74) is 2.21. The molecule has 0 saturated carbocycles. The average Bonchev–Trinajstić information content (AvgIpc) is 3.10. The van der Waals surface area contributed by atoms with Crippen LogP contribution in [-0.4, -0.2) is 30.9 Å². The number of ether oxygens (including phenoxy) is 2. The van der Waals surface area contributed by atoms with E-state index in [0.29, 0.717) is 17.1 Å². The highest BCUT2D eigenvalue weighted by Crippen LogP contribution is 2.38. The third kappa shape index (κ3) is 4.61. The lowest BCUT2D eigenvalue weighted by molar-refractivity contribution is 0.102. The molecule has 2 aromatic carbocycles. The van der Waals surface area contributed by atoms with Gasteiger partial charge in [-0.1, -0.05) is 60.4 Å². The molecule has 27 heavy (non-hydrogen) atoms. The number of thioether (sulfide) groups is 1. The van der Waals surface area contributed by atoms with Crippen LogP contribution in [0.25, 0.3) is 11.3 Å². The molecule has 5 nitrogen and oxygen atoms in total. The normalized spacial score (nSPS) is 10.5. The van der Waals surface area contributed by atoms with Crippen molar-refractivity contribution >= 4 is 34.0 Å². The molecule has 0 atom stereocenters. The van der Waals surface area contributed by atoms with E-state index in [1.165, 1.54) is 11.3 Å². The number of anilines is 1. The summed E-state index contributed by atoms with van der Waals surface area (Å²) in [6, 6.07) is 14.9. The van der Waals surface area contributed by atoms with Gasteiger partial charge in [-0.2, -0.15) is 0 Å². The van der Waals surface area contributed by atoms with Crippen LogP contribution in [0.4, 0.5) is 5.00 Å². The Morgan fingerprint density at radius 2 is 1.78 bits per heavy atom. The second kappa shape index (κ2) is 8.92. The highest BCUT2D eigenvalue weighted by Gasteiger charge is 2.17. The highest BCUT2D eigenvalue weighted by molar-refractivity contribution is 8.01. The molecule has 0 spiro atoms. The summed E-state index contributed by atoms with van der Waals surface area (Å²) in [6.07, 6.45) is 0. The number of amides is 1. The van der Waals surface area contributed by atoms with Crippen LogP contribution in [0.3, 0.4) is 0 Å². The Hall–Kier alpha value is -2.51. The van der Waals surface area contributed by atoms with Crippen molar-refractivity contribution in [2.45, 2.75) is 11.3 Å². The van der Waals surface area contributed by atoms with Crippen LogP contribution < -0.4 is 14.8 Å². The summed E-state index contributed by atoms with van der Waals surface area (Å²) in [5.74, 6) is 1.81. The van der Waals surface area contributed by atoms with Crippen molar-refractivity contribution in [1.82, 2.24) is 4.98 Å². The van der Waals surface area contributed by atoms with Crippen LogP contribution in [0, 0.1) is 0 Å². The molecule has 0 aliphatic heterocycles. The molecule has 0 aliphatic carbocycles. The van der Waals surface area contributed by atoms with Gasteiger partial charge in [0.2, 0.25) is 0 Å². The molecule has 140 valence electrons. The maximum absolute atomic E-state index is 12.9. The Morgan fingerprint density at radius 1 is 1.11 bits per heavy atom. The van der Waals surface area contributed by atoms with Gasteiger partial charge in [-0.05, 0) is 17.9 Å². The molecular formula is C20H20N2O3S2. The largest absolute Gasteiger partial charge is 0.497 e. The van der Waals surface area contributed by atoms with E-state index in [4.69, 9.17) is 14.5 Å². The van der Waals surface area contributed by atoms with Gasteiger partial charge < -0.3 is 14.8 Å². The molecule has 1 N–H and O–H groups in total. The number of hydrogen-bond donors (Lipinski definition) is 1. The van der Waals surface area contributed by atoms with Crippen molar-refractivity contribution in [3.63, 3.8) is 0 Å². The SMILES string of the molecule is CCSc1nc(-c2ccccc2)c(NC(=O)c2cc(OC)cc(OC)c2)s1. The Balaban J connectivity index is 1.94. The number of rotatable bonds is 7. The first-order chi connectivity index (χ1) is 13.1. The quantitative estimate of drug-likeness (QED) is 0.553. The lowest BCUT2D eigenvalue weighted by atomic mass is 10.1. The van der Waals surface area contributed by atoms with Crippen molar-refractivity contribution in [3.05, 3.63) is 54.1 Å².